The number of carbonyl (C=O) groups excluding carboxylic acids is 1. The highest BCUT2D eigenvalue weighted by Gasteiger charge is 2.09. The van der Waals surface area contributed by atoms with Gasteiger partial charge in [0.25, 0.3) is 5.91 Å². The second-order valence-corrected chi connectivity index (χ2v) is 4.79. The topological polar surface area (TPSA) is 38.3 Å². The summed E-state index contributed by atoms with van der Waals surface area (Å²) in [4.78, 5) is 11.8. The van der Waals surface area contributed by atoms with E-state index in [0.717, 1.165) is 3.57 Å². The van der Waals surface area contributed by atoms with Gasteiger partial charge in [-0.05, 0) is 54.6 Å². The molecule has 1 atom stereocenters. The van der Waals surface area contributed by atoms with E-state index < -0.39 is 0 Å². The molecule has 1 N–H and O–H groups in total. The van der Waals surface area contributed by atoms with Crippen molar-refractivity contribution in [3.05, 3.63) is 33.4 Å². The largest absolute Gasteiger partial charge is 0.380 e. The van der Waals surface area contributed by atoms with Crippen molar-refractivity contribution in [2.45, 2.75) is 19.9 Å². The lowest BCUT2D eigenvalue weighted by Gasteiger charge is -2.13. The molecule has 1 aromatic carbocycles. The highest BCUT2D eigenvalue weighted by Crippen LogP contribution is 2.07. The van der Waals surface area contributed by atoms with Gasteiger partial charge in [0.05, 0.1) is 6.61 Å². The van der Waals surface area contributed by atoms with Crippen LogP contribution >= 0.6 is 22.6 Å². The van der Waals surface area contributed by atoms with Crippen LogP contribution in [0.5, 0.6) is 0 Å². The van der Waals surface area contributed by atoms with Crippen LogP contribution in [0.3, 0.4) is 0 Å². The van der Waals surface area contributed by atoms with E-state index in [0.29, 0.717) is 18.8 Å². The lowest BCUT2D eigenvalue weighted by molar-refractivity contribution is 0.0872. The van der Waals surface area contributed by atoms with Gasteiger partial charge in [0.15, 0.2) is 0 Å². The predicted octanol–water partition coefficient (Wildman–Crippen LogP) is 2.45. The second kappa shape index (κ2) is 6.85. The minimum Gasteiger partial charge on any atom is -0.380 e. The molecule has 0 heterocycles. The first kappa shape index (κ1) is 13.4. The Morgan fingerprint density at radius 3 is 2.94 bits per heavy atom. The summed E-state index contributed by atoms with van der Waals surface area (Å²) < 4.78 is 6.30. The second-order valence-electron chi connectivity index (χ2n) is 3.54. The smallest absolute Gasteiger partial charge is 0.251 e. The van der Waals surface area contributed by atoms with Gasteiger partial charge in [-0.3, -0.25) is 4.79 Å². The highest BCUT2D eigenvalue weighted by atomic mass is 127. The molecule has 4 heteroatoms. The lowest BCUT2D eigenvalue weighted by atomic mass is 10.2. The third-order valence-electron chi connectivity index (χ3n) is 2.04. The van der Waals surface area contributed by atoms with Crippen molar-refractivity contribution >= 4 is 28.5 Å². The monoisotopic (exact) mass is 333 g/mol. The van der Waals surface area contributed by atoms with Crippen LogP contribution in [-0.4, -0.2) is 25.2 Å². The van der Waals surface area contributed by atoms with Crippen LogP contribution in [0.2, 0.25) is 0 Å². The minimum atomic E-state index is -0.0503. The molecular weight excluding hydrogens is 317 g/mol. The zero-order valence-electron chi connectivity index (χ0n) is 9.50. The Hall–Kier alpha value is -0.620. The number of amides is 1. The summed E-state index contributed by atoms with van der Waals surface area (Å²) >= 11 is 2.19. The Labute approximate surface area is 110 Å². The molecule has 0 bridgehead atoms. The van der Waals surface area contributed by atoms with E-state index in [1.165, 1.54) is 0 Å². The van der Waals surface area contributed by atoms with Crippen molar-refractivity contribution in [3.63, 3.8) is 0 Å². The van der Waals surface area contributed by atoms with Crippen molar-refractivity contribution in [2.24, 2.45) is 0 Å². The van der Waals surface area contributed by atoms with Gasteiger partial charge in [-0.1, -0.05) is 6.07 Å². The number of ether oxygens (including phenoxy) is 1. The van der Waals surface area contributed by atoms with Gasteiger partial charge in [-0.25, -0.2) is 0 Å². The summed E-state index contributed by atoms with van der Waals surface area (Å²) in [6, 6.07) is 7.55. The maximum Gasteiger partial charge on any atom is 0.251 e. The highest BCUT2D eigenvalue weighted by molar-refractivity contribution is 14.1. The molecule has 0 radical (unpaired) electrons. The molecule has 1 aromatic rings. The number of halogens is 1. The lowest BCUT2D eigenvalue weighted by Crippen LogP contribution is -2.35. The average molecular weight is 333 g/mol. The summed E-state index contributed by atoms with van der Waals surface area (Å²) in [5.74, 6) is -0.0503. The maximum absolute atomic E-state index is 11.8. The number of benzene rings is 1. The van der Waals surface area contributed by atoms with E-state index in [1.807, 2.05) is 38.1 Å². The molecule has 0 aliphatic carbocycles. The van der Waals surface area contributed by atoms with Crippen LogP contribution in [0, 0.1) is 3.57 Å². The van der Waals surface area contributed by atoms with E-state index in [2.05, 4.69) is 27.9 Å². The van der Waals surface area contributed by atoms with Crippen LogP contribution in [0.15, 0.2) is 24.3 Å². The Morgan fingerprint density at radius 1 is 1.56 bits per heavy atom. The summed E-state index contributed by atoms with van der Waals surface area (Å²) in [5, 5.41) is 2.89. The normalized spacial score (nSPS) is 12.2. The third-order valence-corrected chi connectivity index (χ3v) is 2.71. The molecule has 3 nitrogen and oxygen atoms in total. The van der Waals surface area contributed by atoms with Crippen LogP contribution < -0.4 is 5.32 Å². The number of nitrogens with one attached hydrogen (secondary N) is 1. The Balaban J connectivity index is 2.52. The summed E-state index contributed by atoms with van der Waals surface area (Å²) in [6.45, 7) is 5.09. The molecule has 1 amide bonds. The van der Waals surface area contributed by atoms with E-state index in [4.69, 9.17) is 4.74 Å². The van der Waals surface area contributed by atoms with E-state index in [-0.39, 0.29) is 11.9 Å². The molecule has 0 aliphatic heterocycles. The fraction of sp³-hybridized carbons (Fsp3) is 0.417. The fourth-order valence-corrected chi connectivity index (χ4v) is 1.82. The van der Waals surface area contributed by atoms with E-state index in [9.17, 15) is 4.79 Å². The van der Waals surface area contributed by atoms with Crippen molar-refractivity contribution in [2.75, 3.05) is 13.2 Å². The van der Waals surface area contributed by atoms with Crippen LogP contribution in [0.25, 0.3) is 0 Å². The van der Waals surface area contributed by atoms with Crippen molar-refractivity contribution < 1.29 is 9.53 Å². The van der Waals surface area contributed by atoms with Crippen molar-refractivity contribution in [1.82, 2.24) is 5.32 Å². The van der Waals surface area contributed by atoms with Crippen molar-refractivity contribution in [1.29, 1.82) is 0 Å². The molecule has 0 saturated carbocycles. The quantitative estimate of drug-likeness (QED) is 0.841. The molecular formula is C12H16INO2. The number of rotatable bonds is 5. The average Bonchev–Trinajstić information content (AvgIpc) is 2.26. The first-order chi connectivity index (χ1) is 7.63. The summed E-state index contributed by atoms with van der Waals surface area (Å²) in [7, 11) is 0. The van der Waals surface area contributed by atoms with Gasteiger partial charge in [0.2, 0.25) is 0 Å². The third kappa shape index (κ3) is 4.49. The SMILES string of the molecule is CCOCC(C)NC(=O)c1cccc(I)c1. The molecule has 0 aliphatic rings. The molecule has 16 heavy (non-hydrogen) atoms. The first-order valence-electron chi connectivity index (χ1n) is 5.27. The van der Waals surface area contributed by atoms with Crippen molar-refractivity contribution in [3.8, 4) is 0 Å². The zero-order chi connectivity index (χ0) is 12.0. The molecule has 1 rings (SSSR count). The van der Waals surface area contributed by atoms with Gasteiger partial charge in [-0.15, -0.1) is 0 Å². The summed E-state index contributed by atoms with van der Waals surface area (Å²) in [5.41, 5.74) is 0.690. The number of carbonyl (C=O) groups is 1. The van der Waals surface area contributed by atoms with Crippen LogP contribution in [-0.2, 0) is 4.74 Å². The molecule has 0 spiro atoms. The van der Waals surface area contributed by atoms with E-state index in [1.54, 1.807) is 0 Å². The fourth-order valence-electron chi connectivity index (χ4n) is 1.27. The first-order valence-corrected chi connectivity index (χ1v) is 6.35. The van der Waals surface area contributed by atoms with Gasteiger partial charge in [0.1, 0.15) is 0 Å². The Morgan fingerprint density at radius 2 is 2.31 bits per heavy atom. The van der Waals surface area contributed by atoms with Gasteiger partial charge in [0, 0.05) is 21.8 Å². The molecule has 0 aromatic heterocycles. The maximum atomic E-state index is 11.8. The molecule has 0 saturated heterocycles. The van der Waals surface area contributed by atoms with Crippen LogP contribution in [0.1, 0.15) is 24.2 Å². The Bertz CT molecular complexity index is 355. The molecule has 1 unspecified atom stereocenters. The number of hydrogen-bond donors (Lipinski definition) is 1. The Kier molecular flexibility index (Phi) is 5.76. The van der Waals surface area contributed by atoms with E-state index >= 15 is 0 Å². The molecule has 88 valence electrons. The number of hydrogen-bond acceptors (Lipinski definition) is 2. The predicted molar refractivity (Wildman–Crippen MR) is 72.6 cm³/mol. The minimum absolute atomic E-state index is 0.0327. The standard InChI is InChI=1S/C12H16INO2/c1-3-16-8-9(2)14-12(15)10-5-4-6-11(13)7-10/h4-7,9H,3,8H2,1-2H3,(H,14,15). The molecule has 0 fully saturated rings. The zero-order valence-corrected chi connectivity index (χ0v) is 11.7. The van der Waals surface area contributed by atoms with Gasteiger partial charge < -0.3 is 10.1 Å². The summed E-state index contributed by atoms with van der Waals surface area (Å²) in [6.07, 6.45) is 0. The van der Waals surface area contributed by atoms with Gasteiger partial charge >= 0.3 is 0 Å². The van der Waals surface area contributed by atoms with Gasteiger partial charge in [-0.2, -0.15) is 0 Å². The van der Waals surface area contributed by atoms with Crippen LogP contribution in [0.4, 0.5) is 0 Å².